The summed E-state index contributed by atoms with van der Waals surface area (Å²) < 4.78 is 11.6. The molecule has 1 amide bonds. The van der Waals surface area contributed by atoms with Gasteiger partial charge in [0.2, 0.25) is 0 Å². The number of amides is 1. The normalized spacial score (nSPS) is 13.4. The van der Waals surface area contributed by atoms with Gasteiger partial charge in [0, 0.05) is 16.5 Å². The van der Waals surface area contributed by atoms with Crippen LogP contribution >= 0.6 is 27.5 Å². The van der Waals surface area contributed by atoms with Crippen molar-refractivity contribution in [1.29, 1.82) is 0 Å². The molecule has 1 unspecified atom stereocenters. The van der Waals surface area contributed by atoms with Crippen molar-refractivity contribution in [1.82, 2.24) is 0 Å². The number of nitro groups is 1. The van der Waals surface area contributed by atoms with Gasteiger partial charge in [-0.2, -0.15) is 0 Å². The smallest absolute Gasteiger partial charge is 0.405 e. The molecule has 0 heterocycles. The summed E-state index contributed by atoms with van der Waals surface area (Å²) in [6.07, 6.45) is 0.260. The highest BCUT2D eigenvalue weighted by molar-refractivity contribution is 9.10. The first kappa shape index (κ1) is 24.9. The lowest BCUT2D eigenvalue weighted by atomic mass is 9.74. The number of halogens is 2. The highest BCUT2D eigenvalue weighted by Gasteiger charge is 2.37. The number of carbonyl (C=O) groups excluding carboxylic acids is 1. The predicted octanol–water partition coefficient (Wildman–Crippen LogP) is 6.25. The number of nitrogens with zero attached hydrogens (tertiary/aromatic N) is 1. The molecule has 0 aliphatic rings. The summed E-state index contributed by atoms with van der Waals surface area (Å²) in [5, 5.41) is 11.5. The summed E-state index contributed by atoms with van der Waals surface area (Å²) in [5.74, 6) is 0.0640. The fourth-order valence-electron chi connectivity index (χ4n) is 3.93. The molecule has 168 valence electrons. The number of primary amides is 1. The van der Waals surface area contributed by atoms with E-state index in [0.29, 0.717) is 18.4 Å². The Hall–Kier alpha value is -2.32. The Kier molecular flexibility index (Phi) is 8.31. The van der Waals surface area contributed by atoms with Crippen LogP contribution in [0.5, 0.6) is 5.75 Å². The second-order valence-corrected chi connectivity index (χ2v) is 9.21. The van der Waals surface area contributed by atoms with Crippen molar-refractivity contribution in [2.45, 2.75) is 45.1 Å². The standard InChI is InChI=1S/C22H26BrClN2O5/c1-13(14-5-8-16(23)9-6-14)17(22(2,3)31-21(25)27)10-7-15-11-20(30-4)19(26(28)29)12-18(15)24/h5-6,8-9,11-13,17H,7,10H2,1-4H3,(H2,25,27)/t13-,17?/m1/s1. The number of nitro benzene ring substituents is 1. The average Bonchev–Trinajstić information content (AvgIpc) is 2.67. The summed E-state index contributed by atoms with van der Waals surface area (Å²) in [4.78, 5) is 22.2. The van der Waals surface area contributed by atoms with Gasteiger partial charge in [-0.1, -0.05) is 46.6 Å². The van der Waals surface area contributed by atoms with Gasteiger partial charge < -0.3 is 15.2 Å². The lowest BCUT2D eigenvalue weighted by Crippen LogP contribution is -2.41. The third-order valence-electron chi connectivity index (χ3n) is 5.53. The Morgan fingerprint density at radius 3 is 2.42 bits per heavy atom. The van der Waals surface area contributed by atoms with Gasteiger partial charge >= 0.3 is 11.8 Å². The second kappa shape index (κ2) is 10.3. The fraction of sp³-hybridized carbons (Fsp3) is 0.409. The topological polar surface area (TPSA) is 105 Å². The molecule has 31 heavy (non-hydrogen) atoms. The van der Waals surface area contributed by atoms with Crippen LogP contribution in [0.1, 0.15) is 44.2 Å². The molecule has 0 aliphatic carbocycles. The zero-order chi connectivity index (χ0) is 23.3. The van der Waals surface area contributed by atoms with Gasteiger partial charge in [0.25, 0.3) is 0 Å². The molecular weight excluding hydrogens is 488 g/mol. The molecule has 0 radical (unpaired) electrons. The highest BCUT2D eigenvalue weighted by Crippen LogP contribution is 2.40. The first-order valence-corrected chi connectivity index (χ1v) is 10.9. The van der Waals surface area contributed by atoms with Crippen LogP contribution in [0.3, 0.4) is 0 Å². The maximum atomic E-state index is 11.5. The summed E-state index contributed by atoms with van der Waals surface area (Å²) >= 11 is 9.77. The molecule has 2 N–H and O–H groups in total. The molecule has 2 aromatic carbocycles. The minimum Gasteiger partial charge on any atom is -0.490 e. The average molecular weight is 514 g/mol. The first-order valence-electron chi connectivity index (χ1n) is 9.71. The number of ether oxygens (including phenoxy) is 2. The monoisotopic (exact) mass is 512 g/mol. The lowest BCUT2D eigenvalue weighted by Gasteiger charge is -2.38. The van der Waals surface area contributed by atoms with Crippen LogP contribution in [0.4, 0.5) is 10.5 Å². The van der Waals surface area contributed by atoms with E-state index in [9.17, 15) is 14.9 Å². The molecule has 2 rings (SSSR count). The van der Waals surface area contributed by atoms with Crippen molar-refractivity contribution >= 4 is 39.3 Å². The zero-order valence-corrected chi connectivity index (χ0v) is 20.2. The number of nitrogens with two attached hydrogens (primary N) is 1. The van der Waals surface area contributed by atoms with E-state index in [0.717, 1.165) is 10.0 Å². The quantitative estimate of drug-likeness (QED) is 0.315. The molecular formula is C22H26BrClN2O5. The Balaban J connectivity index is 2.36. The Morgan fingerprint density at radius 1 is 1.29 bits per heavy atom. The molecule has 0 aliphatic heterocycles. The molecule has 0 fully saturated rings. The van der Waals surface area contributed by atoms with E-state index in [1.807, 2.05) is 38.1 Å². The van der Waals surface area contributed by atoms with Gasteiger partial charge in [-0.15, -0.1) is 0 Å². The van der Waals surface area contributed by atoms with Gasteiger partial charge in [-0.3, -0.25) is 10.1 Å². The molecule has 0 bridgehead atoms. The third-order valence-corrected chi connectivity index (χ3v) is 6.41. The van der Waals surface area contributed by atoms with Crippen molar-refractivity contribution in [3.8, 4) is 5.75 Å². The van der Waals surface area contributed by atoms with E-state index in [4.69, 9.17) is 26.8 Å². The van der Waals surface area contributed by atoms with Gasteiger partial charge in [0.1, 0.15) is 5.60 Å². The van der Waals surface area contributed by atoms with Crippen LogP contribution in [-0.4, -0.2) is 23.7 Å². The van der Waals surface area contributed by atoms with E-state index in [2.05, 4.69) is 22.9 Å². The summed E-state index contributed by atoms with van der Waals surface area (Å²) in [5.41, 5.74) is 6.08. The van der Waals surface area contributed by atoms with Crippen LogP contribution in [0.25, 0.3) is 0 Å². The number of carbonyl (C=O) groups is 1. The van der Waals surface area contributed by atoms with Crippen LogP contribution in [0, 0.1) is 16.0 Å². The van der Waals surface area contributed by atoms with Crippen molar-refractivity contribution in [2.75, 3.05) is 7.11 Å². The molecule has 0 aromatic heterocycles. The van der Waals surface area contributed by atoms with Crippen molar-refractivity contribution in [3.05, 3.63) is 67.1 Å². The molecule has 0 saturated carbocycles. The van der Waals surface area contributed by atoms with Gasteiger partial charge in [0.05, 0.1) is 17.1 Å². The molecule has 0 saturated heterocycles. The van der Waals surface area contributed by atoms with Crippen molar-refractivity contribution in [3.63, 3.8) is 0 Å². The largest absolute Gasteiger partial charge is 0.490 e. The number of hydrogen-bond acceptors (Lipinski definition) is 5. The second-order valence-electron chi connectivity index (χ2n) is 7.88. The van der Waals surface area contributed by atoms with Crippen LogP contribution in [-0.2, 0) is 11.2 Å². The third kappa shape index (κ3) is 6.33. The maximum Gasteiger partial charge on any atom is 0.405 e. The van der Waals surface area contributed by atoms with E-state index >= 15 is 0 Å². The highest BCUT2D eigenvalue weighted by atomic mass is 79.9. The SMILES string of the molecule is COc1cc(CCC([C@H](C)c2ccc(Br)cc2)C(C)(C)OC(N)=O)c(Cl)cc1[N+](=O)[O-]. The van der Waals surface area contributed by atoms with E-state index in [1.165, 1.54) is 13.2 Å². The van der Waals surface area contributed by atoms with E-state index in [1.54, 1.807) is 6.07 Å². The molecule has 2 aromatic rings. The number of rotatable bonds is 9. The molecule has 0 spiro atoms. The Morgan fingerprint density at radius 2 is 1.90 bits per heavy atom. The van der Waals surface area contributed by atoms with Gasteiger partial charge in [-0.25, -0.2) is 4.79 Å². The fourth-order valence-corrected chi connectivity index (χ4v) is 4.44. The van der Waals surface area contributed by atoms with Gasteiger partial charge in [-0.05, 0) is 61.9 Å². The molecule has 9 heteroatoms. The van der Waals surface area contributed by atoms with Crippen LogP contribution in [0.15, 0.2) is 40.9 Å². The number of hydrogen-bond donors (Lipinski definition) is 1. The van der Waals surface area contributed by atoms with Crippen LogP contribution in [0.2, 0.25) is 5.02 Å². The Bertz CT molecular complexity index is 950. The van der Waals surface area contributed by atoms with Crippen LogP contribution < -0.4 is 10.5 Å². The van der Waals surface area contributed by atoms with E-state index < -0.39 is 16.6 Å². The van der Waals surface area contributed by atoms with Crippen molar-refractivity contribution < 1.29 is 19.2 Å². The summed E-state index contributed by atoms with van der Waals surface area (Å²) in [6, 6.07) is 10.8. The number of benzene rings is 2. The maximum absolute atomic E-state index is 11.5. The Labute approximate surface area is 195 Å². The van der Waals surface area contributed by atoms with E-state index in [-0.39, 0.29) is 28.3 Å². The number of aryl methyl sites for hydroxylation is 1. The minimum absolute atomic E-state index is 0.0289. The first-order chi connectivity index (χ1) is 14.5. The zero-order valence-electron chi connectivity index (χ0n) is 17.9. The van der Waals surface area contributed by atoms with Crippen molar-refractivity contribution in [2.24, 2.45) is 11.7 Å². The molecule has 2 atom stereocenters. The predicted molar refractivity (Wildman–Crippen MR) is 124 cm³/mol. The molecule has 7 nitrogen and oxygen atoms in total. The number of methoxy groups -OCH3 is 1. The minimum atomic E-state index is -0.852. The van der Waals surface area contributed by atoms with Gasteiger partial charge in [0.15, 0.2) is 5.75 Å². The lowest BCUT2D eigenvalue weighted by molar-refractivity contribution is -0.385. The summed E-state index contributed by atoms with van der Waals surface area (Å²) in [7, 11) is 1.38. The summed E-state index contributed by atoms with van der Waals surface area (Å²) in [6.45, 7) is 5.73.